The summed E-state index contributed by atoms with van der Waals surface area (Å²) in [6.07, 6.45) is 0. The van der Waals surface area contributed by atoms with Crippen LogP contribution in [0.1, 0.15) is 34.0 Å². The fraction of sp³-hybridized carbons (Fsp3) is 0.231. The van der Waals surface area contributed by atoms with E-state index >= 15 is 0 Å². The van der Waals surface area contributed by atoms with Crippen molar-refractivity contribution in [2.24, 2.45) is 0 Å². The van der Waals surface area contributed by atoms with E-state index < -0.39 is 17.5 Å². The summed E-state index contributed by atoms with van der Waals surface area (Å²) in [6, 6.07) is 2.53. The Morgan fingerprint density at radius 3 is 2.74 bits per heavy atom. The van der Waals surface area contributed by atoms with Crippen LogP contribution in [0, 0.1) is 18.6 Å². The number of hydrogen-bond acceptors (Lipinski definition) is 3. The van der Waals surface area contributed by atoms with Gasteiger partial charge >= 0.3 is 0 Å². The Kier molecular flexibility index (Phi) is 3.90. The van der Waals surface area contributed by atoms with E-state index in [1.807, 2.05) is 12.3 Å². The third-order valence-corrected chi connectivity index (χ3v) is 3.40. The molecule has 0 aliphatic rings. The van der Waals surface area contributed by atoms with Crippen LogP contribution >= 0.6 is 11.3 Å². The number of carbonyl (C=O) groups is 1. The Morgan fingerprint density at radius 2 is 2.16 bits per heavy atom. The highest BCUT2D eigenvalue weighted by Gasteiger charge is 2.16. The monoisotopic (exact) mass is 282 g/mol. The average molecular weight is 282 g/mol. The molecule has 0 radical (unpaired) electrons. The highest BCUT2D eigenvalue weighted by Crippen LogP contribution is 2.17. The van der Waals surface area contributed by atoms with Crippen molar-refractivity contribution in [3.05, 3.63) is 51.5 Å². The number of thiazole rings is 1. The lowest BCUT2D eigenvalue weighted by atomic mass is 10.1. The summed E-state index contributed by atoms with van der Waals surface area (Å²) in [5.41, 5.74) is 0.540. The van der Waals surface area contributed by atoms with E-state index in [-0.39, 0.29) is 11.6 Å². The maximum absolute atomic E-state index is 13.4. The quantitative estimate of drug-likeness (QED) is 0.939. The Balaban J connectivity index is 2.12. The number of hydrogen-bond donors (Lipinski definition) is 1. The molecule has 1 atom stereocenters. The van der Waals surface area contributed by atoms with Gasteiger partial charge in [-0.3, -0.25) is 4.79 Å². The minimum Gasteiger partial charge on any atom is -0.344 e. The van der Waals surface area contributed by atoms with Gasteiger partial charge in [0.15, 0.2) is 0 Å². The van der Waals surface area contributed by atoms with Gasteiger partial charge in [0.2, 0.25) is 0 Å². The van der Waals surface area contributed by atoms with E-state index in [0.717, 1.165) is 22.8 Å². The van der Waals surface area contributed by atoms with Crippen LogP contribution in [0.3, 0.4) is 0 Å². The number of nitrogens with zero attached hydrogens (tertiary/aromatic N) is 1. The van der Waals surface area contributed by atoms with E-state index in [0.29, 0.717) is 6.07 Å². The minimum absolute atomic E-state index is 0.180. The molecular weight excluding hydrogens is 270 g/mol. The van der Waals surface area contributed by atoms with Gasteiger partial charge in [0.1, 0.15) is 11.6 Å². The van der Waals surface area contributed by atoms with E-state index in [9.17, 15) is 13.6 Å². The number of aromatic nitrogens is 1. The first-order valence-corrected chi connectivity index (χ1v) is 6.53. The predicted octanol–water partition coefficient (Wildman–Crippen LogP) is 3.22. The smallest absolute Gasteiger partial charge is 0.254 e. The fourth-order valence-electron chi connectivity index (χ4n) is 1.60. The average Bonchev–Trinajstić information content (AvgIpc) is 2.75. The first kappa shape index (κ1) is 13.6. The molecule has 2 aromatic rings. The molecule has 0 saturated heterocycles. The number of rotatable bonds is 3. The molecule has 0 fully saturated rings. The lowest BCUT2D eigenvalue weighted by molar-refractivity contribution is 0.0935. The molecule has 3 nitrogen and oxygen atoms in total. The van der Waals surface area contributed by atoms with Gasteiger partial charge in [-0.2, -0.15) is 0 Å². The number of aryl methyl sites for hydroxylation is 1. The highest BCUT2D eigenvalue weighted by atomic mass is 32.1. The van der Waals surface area contributed by atoms with E-state index in [1.165, 1.54) is 11.3 Å². The topological polar surface area (TPSA) is 42.0 Å². The SMILES string of the molecule is Cc1nc(C(C)NC(=O)c2ccc(F)cc2F)cs1. The Labute approximate surface area is 113 Å². The molecule has 1 amide bonds. The van der Waals surface area contributed by atoms with Gasteiger partial charge in [0.25, 0.3) is 5.91 Å². The lowest BCUT2D eigenvalue weighted by Crippen LogP contribution is -2.27. The summed E-state index contributed by atoms with van der Waals surface area (Å²) in [6.45, 7) is 3.62. The molecule has 1 unspecified atom stereocenters. The molecule has 6 heteroatoms. The molecule has 0 saturated carbocycles. The van der Waals surface area contributed by atoms with Crippen molar-refractivity contribution >= 4 is 17.2 Å². The van der Waals surface area contributed by atoms with Crippen molar-refractivity contribution < 1.29 is 13.6 Å². The molecule has 100 valence electrons. The third-order valence-electron chi connectivity index (χ3n) is 2.60. The van der Waals surface area contributed by atoms with Crippen LogP contribution in [-0.2, 0) is 0 Å². The van der Waals surface area contributed by atoms with Crippen molar-refractivity contribution in [3.63, 3.8) is 0 Å². The standard InChI is InChI=1S/C13H12F2N2OS/c1-7(12-6-19-8(2)17-12)16-13(18)10-4-3-9(14)5-11(10)15/h3-7H,1-2H3,(H,16,18). The van der Waals surface area contributed by atoms with Gasteiger partial charge in [0.05, 0.1) is 22.3 Å². The van der Waals surface area contributed by atoms with Gasteiger partial charge in [0, 0.05) is 11.4 Å². The van der Waals surface area contributed by atoms with Crippen LogP contribution in [0.25, 0.3) is 0 Å². The molecule has 1 aromatic carbocycles. The molecule has 2 rings (SSSR count). The second-order valence-corrected chi connectivity index (χ2v) is 5.17. The molecule has 1 aromatic heterocycles. The molecule has 0 aliphatic heterocycles. The maximum atomic E-state index is 13.4. The summed E-state index contributed by atoms with van der Waals surface area (Å²) in [5.74, 6) is -2.17. The fourth-order valence-corrected chi connectivity index (χ4v) is 2.31. The molecule has 0 aliphatic carbocycles. The summed E-state index contributed by atoms with van der Waals surface area (Å²) >= 11 is 1.47. The molecule has 0 bridgehead atoms. The normalized spacial score (nSPS) is 12.2. The summed E-state index contributed by atoms with van der Waals surface area (Å²) in [4.78, 5) is 16.1. The zero-order valence-electron chi connectivity index (χ0n) is 10.4. The Hall–Kier alpha value is -1.82. The zero-order chi connectivity index (χ0) is 14.0. The largest absolute Gasteiger partial charge is 0.344 e. The predicted molar refractivity (Wildman–Crippen MR) is 69.1 cm³/mol. The van der Waals surface area contributed by atoms with Gasteiger partial charge in [-0.15, -0.1) is 11.3 Å². The molecular formula is C13H12F2N2OS. The van der Waals surface area contributed by atoms with Crippen molar-refractivity contribution in [1.82, 2.24) is 10.3 Å². The van der Waals surface area contributed by atoms with E-state index in [1.54, 1.807) is 6.92 Å². The Morgan fingerprint density at radius 1 is 1.42 bits per heavy atom. The first-order valence-electron chi connectivity index (χ1n) is 5.65. The number of halogens is 2. The number of amides is 1. The van der Waals surface area contributed by atoms with Crippen molar-refractivity contribution in [2.45, 2.75) is 19.9 Å². The van der Waals surface area contributed by atoms with Crippen molar-refractivity contribution in [3.8, 4) is 0 Å². The van der Waals surface area contributed by atoms with E-state index in [4.69, 9.17) is 0 Å². The van der Waals surface area contributed by atoms with Crippen LogP contribution < -0.4 is 5.32 Å². The molecule has 1 N–H and O–H groups in total. The van der Waals surface area contributed by atoms with Crippen LogP contribution in [-0.4, -0.2) is 10.9 Å². The number of nitrogens with one attached hydrogen (secondary N) is 1. The van der Waals surface area contributed by atoms with E-state index in [2.05, 4.69) is 10.3 Å². The lowest BCUT2D eigenvalue weighted by Gasteiger charge is -2.12. The highest BCUT2D eigenvalue weighted by molar-refractivity contribution is 7.09. The third kappa shape index (κ3) is 3.14. The van der Waals surface area contributed by atoms with Crippen molar-refractivity contribution in [2.75, 3.05) is 0 Å². The van der Waals surface area contributed by atoms with Crippen molar-refractivity contribution in [1.29, 1.82) is 0 Å². The molecule has 1 heterocycles. The number of carbonyl (C=O) groups excluding carboxylic acids is 1. The summed E-state index contributed by atoms with van der Waals surface area (Å²) in [5, 5.41) is 5.36. The summed E-state index contributed by atoms with van der Waals surface area (Å²) in [7, 11) is 0. The second kappa shape index (κ2) is 5.44. The Bertz CT molecular complexity index is 612. The first-order chi connectivity index (χ1) is 8.97. The van der Waals surface area contributed by atoms with Gasteiger partial charge in [-0.05, 0) is 26.0 Å². The molecule has 0 spiro atoms. The minimum atomic E-state index is -0.876. The number of benzene rings is 1. The van der Waals surface area contributed by atoms with Gasteiger partial charge < -0.3 is 5.32 Å². The van der Waals surface area contributed by atoms with Gasteiger partial charge in [-0.1, -0.05) is 0 Å². The van der Waals surface area contributed by atoms with Crippen LogP contribution in [0.2, 0.25) is 0 Å². The molecule has 19 heavy (non-hydrogen) atoms. The van der Waals surface area contributed by atoms with Crippen LogP contribution in [0.4, 0.5) is 8.78 Å². The summed E-state index contributed by atoms with van der Waals surface area (Å²) < 4.78 is 26.2. The van der Waals surface area contributed by atoms with Crippen LogP contribution in [0.15, 0.2) is 23.6 Å². The zero-order valence-corrected chi connectivity index (χ0v) is 11.2. The van der Waals surface area contributed by atoms with Gasteiger partial charge in [-0.25, -0.2) is 13.8 Å². The second-order valence-electron chi connectivity index (χ2n) is 4.11. The maximum Gasteiger partial charge on any atom is 0.254 e. The van der Waals surface area contributed by atoms with Crippen LogP contribution in [0.5, 0.6) is 0 Å².